The van der Waals surface area contributed by atoms with Gasteiger partial charge in [0.05, 0.1) is 14.6 Å². The number of nitrogens with one attached hydrogen (secondary N) is 1. The average Bonchev–Trinajstić information content (AvgIpc) is 3.02. The number of hydrogen-bond acceptors (Lipinski definition) is 4. The minimum atomic E-state index is -0.741. The van der Waals surface area contributed by atoms with Crippen molar-refractivity contribution < 1.29 is 19.1 Å². The molecule has 8 heteroatoms. The first-order valence-corrected chi connectivity index (χ1v) is 17.4. The number of imide groups is 2. The van der Waals surface area contributed by atoms with E-state index in [4.69, 9.17) is 4.74 Å². The Balaban J connectivity index is 1.01. The van der Waals surface area contributed by atoms with Crippen LogP contribution in [0.4, 0.5) is 10.5 Å². The van der Waals surface area contributed by atoms with Gasteiger partial charge >= 0.3 is 6.03 Å². The normalized spacial score (nSPS) is 26.2. The molecular formula is C38H32Br2N2O4. The third kappa shape index (κ3) is 5.29. The van der Waals surface area contributed by atoms with E-state index in [1.807, 2.05) is 30.3 Å². The maximum absolute atomic E-state index is 13.7. The number of anilines is 1. The van der Waals surface area contributed by atoms with Crippen molar-refractivity contribution in [2.24, 2.45) is 17.8 Å². The lowest BCUT2D eigenvalue weighted by molar-refractivity contribution is -0.122. The molecule has 1 aliphatic heterocycles. The van der Waals surface area contributed by atoms with Crippen molar-refractivity contribution in [1.82, 2.24) is 5.32 Å². The van der Waals surface area contributed by atoms with Crippen LogP contribution in [0.2, 0.25) is 0 Å². The highest BCUT2D eigenvalue weighted by molar-refractivity contribution is 9.11. The second kappa shape index (κ2) is 11.5. The lowest BCUT2D eigenvalue weighted by atomic mass is 9.48. The molecule has 0 atom stereocenters. The van der Waals surface area contributed by atoms with Gasteiger partial charge in [-0.25, -0.2) is 9.69 Å². The second-order valence-electron chi connectivity index (χ2n) is 13.5. The summed E-state index contributed by atoms with van der Waals surface area (Å²) < 4.78 is 7.47. The van der Waals surface area contributed by atoms with Crippen LogP contribution in [0.25, 0.3) is 16.8 Å². The molecule has 0 aromatic heterocycles. The molecule has 0 spiro atoms. The number of benzene rings is 4. The maximum atomic E-state index is 13.7. The summed E-state index contributed by atoms with van der Waals surface area (Å²) in [5.41, 5.74) is 3.49. The molecule has 4 bridgehead atoms. The Morgan fingerprint density at radius 1 is 0.804 bits per heavy atom. The number of nitrogens with zero attached hydrogens (tertiary/aromatic N) is 1. The summed E-state index contributed by atoms with van der Waals surface area (Å²) in [7, 11) is 0. The first-order chi connectivity index (χ1) is 22.2. The first kappa shape index (κ1) is 29.6. The highest BCUT2D eigenvalue weighted by Gasteiger charge is 2.51. The van der Waals surface area contributed by atoms with E-state index < -0.39 is 17.8 Å². The molecule has 4 saturated carbocycles. The molecule has 4 aromatic rings. The zero-order valence-corrected chi connectivity index (χ0v) is 28.3. The smallest absolute Gasteiger partial charge is 0.335 e. The van der Waals surface area contributed by atoms with Gasteiger partial charge in [0.15, 0.2) is 0 Å². The molecule has 5 aliphatic rings. The largest absolute Gasteiger partial charge is 0.487 e. The molecule has 6 nitrogen and oxygen atoms in total. The van der Waals surface area contributed by atoms with Gasteiger partial charge in [-0.05, 0) is 157 Å². The van der Waals surface area contributed by atoms with Crippen molar-refractivity contribution in [3.63, 3.8) is 0 Å². The van der Waals surface area contributed by atoms with Crippen LogP contribution in [-0.4, -0.2) is 17.8 Å². The molecule has 4 aromatic carbocycles. The van der Waals surface area contributed by atoms with Crippen LogP contribution in [0.1, 0.15) is 55.2 Å². The van der Waals surface area contributed by atoms with Crippen molar-refractivity contribution in [3.8, 4) is 5.75 Å². The van der Waals surface area contributed by atoms with Gasteiger partial charge in [-0.2, -0.15) is 0 Å². The van der Waals surface area contributed by atoms with E-state index >= 15 is 0 Å². The molecule has 1 heterocycles. The van der Waals surface area contributed by atoms with Crippen molar-refractivity contribution in [2.45, 2.75) is 50.5 Å². The van der Waals surface area contributed by atoms with Crippen LogP contribution in [0.5, 0.6) is 5.75 Å². The van der Waals surface area contributed by atoms with E-state index in [1.54, 1.807) is 12.1 Å². The minimum absolute atomic E-state index is 0.117. The SMILES string of the molecule is O=C1NC(=O)N(c2ccc(C34CC5CC(CC(C5)C3)C4)cc2)C(=O)/C1=C/c1cc(Br)c(OCc2ccc3ccccc3c2)c(Br)c1. The Kier molecular flexibility index (Phi) is 7.41. The summed E-state index contributed by atoms with van der Waals surface area (Å²) in [6.07, 6.45) is 9.33. The predicted molar refractivity (Wildman–Crippen MR) is 185 cm³/mol. The molecule has 4 amide bonds. The van der Waals surface area contributed by atoms with E-state index in [2.05, 4.69) is 73.6 Å². The van der Waals surface area contributed by atoms with Crippen molar-refractivity contribution in [3.05, 3.63) is 110 Å². The molecule has 1 N–H and O–H groups in total. The standard InChI is InChI=1S/C38H32Br2N2O4/c39-32-16-23(17-33(40)34(32)46-21-22-5-6-27-3-1-2-4-28(27)14-22)15-31-35(43)41-37(45)42(36(31)44)30-9-7-29(8-10-30)38-18-24-11-25(19-38)13-26(12-24)20-38/h1-10,14-17,24-26H,11-13,18-21H2,(H,41,43,45)/b31-15+. The van der Waals surface area contributed by atoms with Gasteiger partial charge in [0.1, 0.15) is 17.9 Å². The quantitative estimate of drug-likeness (QED) is 0.158. The number of halogens is 2. The number of barbiturate groups is 1. The minimum Gasteiger partial charge on any atom is -0.487 e. The molecule has 5 fully saturated rings. The fraction of sp³-hybridized carbons (Fsp3) is 0.289. The van der Waals surface area contributed by atoms with Crippen molar-refractivity contribution >= 4 is 72.2 Å². The van der Waals surface area contributed by atoms with Gasteiger partial charge in [0.25, 0.3) is 11.8 Å². The maximum Gasteiger partial charge on any atom is 0.335 e. The summed E-state index contributed by atoms with van der Waals surface area (Å²) in [5.74, 6) is 1.70. The third-order valence-corrected chi connectivity index (χ3v) is 11.6. The third-order valence-electron chi connectivity index (χ3n) is 10.4. The van der Waals surface area contributed by atoms with Gasteiger partial charge < -0.3 is 4.74 Å². The van der Waals surface area contributed by atoms with Gasteiger partial charge in [-0.15, -0.1) is 0 Å². The van der Waals surface area contributed by atoms with Crippen LogP contribution in [0.15, 0.2) is 93.4 Å². The number of ether oxygens (including phenoxy) is 1. The molecule has 4 aliphatic carbocycles. The number of amides is 4. The van der Waals surface area contributed by atoms with Crippen LogP contribution in [0, 0.1) is 17.8 Å². The van der Waals surface area contributed by atoms with Crippen molar-refractivity contribution in [2.75, 3.05) is 4.90 Å². The molecular weight excluding hydrogens is 708 g/mol. The van der Waals surface area contributed by atoms with Gasteiger partial charge in [0, 0.05) is 0 Å². The first-order valence-electron chi connectivity index (χ1n) is 15.9. The molecule has 232 valence electrons. The summed E-state index contributed by atoms with van der Waals surface area (Å²) in [5, 5.41) is 4.67. The Bertz CT molecular complexity index is 1890. The molecule has 46 heavy (non-hydrogen) atoms. The van der Waals surface area contributed by atoms with Crippen LogP contribution in [0.3, 0.4) is 0 Å². The van der Waals surface area contributed by atoms with E-state index in [-0.39, 0.29) is 11.0 Å². The average molecular weight is 740 g/mol. The van der Waals surface area contributed by atoms with Gasteiger partial charge in [0.2, 0.25) is 0 Å². The monoisotopic (exact) mass is 738 g/mol. The van der Waals surface area contributed by atoms with E-state index in [9.17, 15) is 14.4 Å². The zero-order chi connectivity index (χ0) is 31.6. The lowest BCUT2D eigenvalue weighted by Crippen LogP contribution is -2.54. The Morgan fingerprint density at radius 3 is 2.09 bits per heavy atom. The van der Waals surface area contributed by atoms with Crippen molar-refractivity contribution in [1.29, 1.82) is 0 Å². The lowest BCUT2D eigenvalue weighted by Gasteiger charge is -2.57. The van der Waals surface area contributed by atoms with E-state index in [1.165, 1.54) is 55.6 Å². The molecule has 0 radical (unpaired) electrons. The van der Waals surface area contributed by atoms with Gasteiger partial charge in [-0.3, -0.25) is 14.9 Å². The number of carbonyl (C=O) groups is 3. The Hall–Kier alpha value is -3.75. The fourth-order valence-corrected chi connectivity index (χ4v) is 10.2. The molecule has 9 rings (SSSR count). The number of rotatable bonds is 6. The van der Waals surface area contributed by atoms with E-state index in [0.29, 0.717) is 32.6 Å². The van der Waals surface area contributed by atoms with Crippen LogP contribution >= 0.6 is 31.9 Å². The Labute approximate surface area is 284 Å². The topological polar surface area (TPSA) is 75.7 Å². The number of fused-ring (bicyclic) bond motifs is 1. The molecule has 1 saturated heterocycles. The summed E-state index contributed by atoms with van der Waals surface area (Å²) >= 11 is 7.19. The van der Waals surface area contributed by atoms with Crippen LogP contribution in [-0.2, 0) is 21.6 Å². The summed E-state index contributed by atoms with van der Waals surface area (Å²) in [6, 6.07) is 25.1. The number of carbonyl (C=O) groups excluding carboxylic acids is 3. The van der Waals surface area contributed by atoms with E-state index in [0.717, 1.165) is 33.6 Å². The zero-order valence-electron chi connectivity index (χ0n) is 25.1. The molecule has 0 unspecified atom stereocenters. The summed E-state index contributed by atoms with van der Waals surface area (Å²) in [4.78, 5) is 40.6. The van der Waals surface area contributed by atoms with Gasteiger partial charge in [-0.1, -0.05) is 48.5 Å². The fourth-order valence-electron chi connectivity index (χ4n) is 8.77. The number of urea groups is 1. The predicted octanol–water partition coefficient (Wildman–Crippen LogP) is 9.08. The highest BCUT2D eigenvalue weighted by atomic mass is 79.9. The summed E-state index contributed by atoms with van der Waals surface area (Å²) in [6.45, 7) is 0.363. The van der Waals surface area contributed by atoms with Crippen LogP contribution < -0.4 is 15.0 Å². The highest BCUT2D eigenvalue weighted by Crippen LogP contribution is 2.60. The Morgan fingerprint density at radius 2 is 1.43 bits per heavy atom. The second-order valence-corrected chi connectivity index (χ2v) is 15.2. The number of hydrogen-bond donors (Lipinski definition) is 1.